The number of nitrogens with one attached hydrogen (secondary N) is 2. The van der Waals surface area contributed by atoms with Crippen LogP contribution in [0.25, 0.3) is 11.2 Å². The van der Waals surface area contributed by atoms with Crippen LogP contribution >= 0.6 is 34.8 Å². The van der Waals surface area contributed by atoms with Gasteiger partial charge in [0.05, 0.1) is 34.6 Å². The van der Waals surface area contributed by atoms with Crippen molar-refractivity contribution >= 4 is 69.5 Å². The van der Waals surface area contributed by atoms with Gasteiger partial charge in [0.1, 0.15) is 11.7 Å². The molecule has 9 nitrogen and oxygen atoms in total. The summed E-state index contributed by atoms with van der Waals surface area (Å²) in [6.07, 6.45) is 3.67. The number of imidazole rings is 1. The quantitative estimate of drug-likeness (QED) is 0.377. The second kappa shape index (κ2) is 10.5. The Kier molecular flexibility index (Phi) is 7.39. The predicted molar refractivity (Wildman–Crippen MR) is 138 cm³/mol. The monoisotopic (exact) mass is 555 g/mol. The fourth-order valence-corrected chi connectivity index (χ4v) is 5.73. The maximum Gasteiger partial charge on any atom is 0.225 e. The highest BCUT2D eigenvalue weighted by Crippen LogP contribution is 2.40. The molecule has 0 unspecified atom stereocenters. The highest BCUT2D eigenvalue weighted by atomic mass is 35.5. The van der Waals surface area contributed by atoms with Crippen molar-refractivity contribution in [2.24, 2.45) is 11.7 Å². The molecule has 192 valence electrons. The lowest BCUT2D eigenvalue weighted by Crippen LogP contribution is -2.39. The SMILES string of the molecule is NC(=O)[C@H]1CC[C@@H](n2c(Nc3c(Cl)cc(Cl)cc3Cl)nc3cnc(N[C@H]4CCOC[C@H]4F)nc32)CC1. The summed E-state index contributed by atoms with van der Waals surface area (Å²) in [5.74, 6) is 0.334. The molecular formula is C23H25Cl3FN7O2. The number of nitrogens with zero attached hydrogens (tertiary/aromatic N) is 4. The zero-order valence-electron chi connectivity index (χ0n) is 19.2. The van der Waals surface area contributed by atoms with Gasteiger partial charge in [-0.25, -0.2) is 14.4 Å². The van der Waals surface area contributed by atoms with Crippen LogP contribution in [-0.2, 0) is 9.53 Å². The van der Waals surface area contributed by atoms with Gasteiger partial charge in [0.25, 0.3) is 0 Å². The molecule has 1 aliphatic carbocycles. The first kappa shape index (κ1) is 25.3. The molecule has 2 fully saturated rings. The molecule has 1 saturated heterocycles. The fraction of sp³-hybridized carbons (Fsp3) is 0.478. The molecule has 3 aromatic rings. The third-order valence-corrected chi connectivity index (χ3v) is 7.56. The van der Waals surface area contributed by atoms with Gasteiger partial charge in [-0.1, -0.05) is 34.8 Å². The van der Waals surface area contributed by atoms with Crippen molar-refractivity contribution in [3.63, 3.8) is 0 Å². The number of ether oxygens (including phenoxy) is 1. The van der Waals surface area contributed by atoms with E-state index in [9.17, 15) is 9.18 Å². The standard InChI is InChI=1S/C23H25Cl3FN7O2/c24-12-7-14(25)19(15(26)8-12)32-23-31-18-9-29-22(30-17-5-6-36-10-16(17)27)33-21(18)34(23)13-3-1-11(2-4-13)20(28)35/h7-9,11,13,16-17H,1-6,10H2,(H2,28,35)(H,31,32)(H,29,30,33)/t11-,13+,16-,17+/m1/s1. The molecule has 1 aliphatic heterocycles. The van der Waals surface area contributed by atoms with Crippen LogP contribution in [0.15, 0.2) is 18.3 Å². The highest BCUT2D eigenvalue weighted by molar-refractivity contribution is 6.41. The minimum Gasteiger partial charge on any atom is -0.378 e. The first-order valence-corrected chi connectivity index (χ1v) is 12.9. The Labute approximate surface area is 221 Å². The number of amides is 1. The molecular weight excluding hydrogens is 532 g/mol. The van der Waals surface area contributed by atoms with E-state index in [2.05, 4.69) is 15.6 Å². The van der Waals surface area contributed by atoms with Gasteiger partial charge in [0.15, 0.2) is 5.65 Å². The van der Waals surface area contributed by atoms with E-state index < -0.39 is 12.2 Å². The Morgan fingerprint density at radius 3 is 2.50 bits per heavy atom. The lowest BCUT2D eigenvalue weighted by molar-refractivity contribution is -0.122. The lowest BCUT2D eigenvalue weighted by Gasteiger charge is -2.29. The van der Waals surface area contributed by atoms with Gasteiger partial charge in [0, 0.05) is 23.6 Å². The Morgan fingerprint density at radius 2 is 1.83 bits per heavy atom. The summed E-state index contributed by atoms with van der Waals surface area (Å²) in [5.41, 5.74) is 7.11. The third-order valence-electron chi connectivity index (χ3n) is 6.74. The summed E-state index contributed by atoms with van der Waals surface area (Å²) in [7, 11) is 0. The molecule has 2 aromatic heterocycles. The van der Waals surface area contributed by atoms with E-state index in [0.717, 1.165) is 0 Å². The number of aromatic nitrogens is 4. The van der Waals surface area contributed by atoms with Crippen LogP contribution in [0.5, 0.6) is 0 Å². The summed E-state index contributed by atoms with van der Waals surface area (Å²) >= 11 is 18.9. The Balaban J connectivity index is 1.53. The summed E-state index contributed by atoms with van der Waals surface area (Å²) in [5, 5.41) is 7.43. The molecule has 4 N–H and O–H groups in total. The number of carbonyl (C=O) groups is 1. The highest BCUT2D eigenvalue weighted by Gasteiger charge is 2.30. The average Bonchev–Trinajstić information content (AvgIpc) is 3.20. The average molecular weight is 557 g/mol. The molecule has 1 amide bonds. The number of hydrogen-bond donors (Lipinski definition) is 3. The van der Waals surface area contributed by atoms with E-state index in [4.69, 9.17) is 55.2 Å². The largest absolute Gasteiger partial charge is 0.378 e. The van der Waals surface area contributed by atoms with E-state index in [-0.39, 0.29) is 24.5 Å². The summed E-state index contributed by atoms with van der Waals surface area (Å²) in [6, 6.07) is 2.72. The fourth-order valence-electron chi connectivity index (χ4n) is 4.82. The van der Waals surface area contributed by atoms with Gasteiger partial charge in [-0.15, -0.1) is 0 Å². The minimum atomic E-state index is -1.15. The van der Waals surface area contributed by atoms with Gasteiger partial charge in [0.2, 0.25) is 17.8 Å². The van der Waals surface area contributed by atoms with Crippen molar-refractivity contribution in [2.75, 3.05) is 23.8 Å². The van der Waals surface area contributed by atoms with Gasteiger partial charge in [-0.2, -0.15) is 4.98 Å². The molecule has 1 aromatic carbocycles. The molecule has 1 saturated carbocycles. The maximum absolute atomic E-state index is 14.3. The molecule has 0 bridgehead atoms. The minimum absolute atomic E-state index is 0.0160. The second-order valence-electron chi connectivity index (χ2n) is 9.12. The third kappa shape index (κ3) is 5.18. The normalized spacial score (nSPS) is 24.6. The Hall–Kier alpha value is -2.40. The van der Waals surface area contributed by atoms with Crippen molar-refractivity contribution in [1.82, 2.24) is 19.5 Å². The van der Waals surface area contributed by atoms with Gasteiger partial charge in [-0.3, -0.25) is 9.36 Å². The van der Waals surface area contributed by atoms with Gasteiger partial charge in [-0.05, 0) is 44.2 Å². The van der Waals surface area contributed by atoms with Crippen molar-refractivity contribution in [3.05, 3.63) is 33.4 Å². The smallest absolute Gasteiger partial charge is 0.225 e. The summed E-state index contributed by atoms with van der Waals surface area (Å²) in [4.78, 5) is 25.5. The molecule has 3 heterocycles. The molecule has 36 heavy (non-hydrogen) atoms. The summed E-state index contributed by atoms with van der Waals surface area (Å²) < 4.78 is 21.5. The van der Waals surface area contributed by atoms with E-state index >= 15 is 0 Å². The molecule has 2 aliphatic rings. The number of anilines is 3. The first-order chi connectivity index (χ1) is 17.3. The van der Waals surface area contributed by atoms with Crippen LogP contribution < -0.4 is 16.4 Å². The first-order valence-electron chi connectivity index (χ1n) is 11.7. The summed E-state index contributed by atoms with van der Waals surface area (Å²) in [6.45, 7) is 0.510. The number of hydrogen-bond acceptors (Lipinski definition) is 7. The number of primary amides is 1. The van der Waals surface area contributed by atoms with E-state index in [1.165, 1.54) is 0 Å². The number of halogens is 4. The Morgan fingerprint density at radius 1 is 1.11 bits per heavy atom. The maximum atomic E-state index is 14.3. The number of nitrogens with two attached hydrogens (primary N) is 1. The number of benzene rings is 1. The predicted octanol–water partition coefficient (Wildman–Crippen LogP) is 5.29. The molecule has 0 radical (unpaired) electrons. The Bertz CT molecular complexity index is 1260. The van der Waals surface area contributed by atoms with E-state index in [0.29, 0.717) is 82.5 Å². The number of fused-ring (bicyclic) bond motifs is 1. The van der Waals surface area contributed by atoms with Crippen LogP contribution in [0, 0.1) is 5.92 Å². The lowest BCUT2D eigenvalue weighted by atomic mass is 9.85. The number of carbonyl (C=O) groups excluding carboxylic acids is 1. The van der Waals surface area contributed by atoms with Crippen molar-refractivity contribution < 1.29 is 13.9 Å². The second-order valence-corrected chi connectivity index (χ2v) is 10.4. The van der Waals surface area contributed by atoms with Crippen LogP contribution in [0.1, 0.15) is 38.1 Å². The van der Waals surface area contributed by atoms with Gasteiger partial charge < -0.3 is 21.1 Å². The zero-order chi connectivity index (χ0) is 25.4. The zero-order valence-corrected chi connectivity index (χ0v) is 21.5. The van der Waals surface area contributed by atoms with Crippen molar-refractivity contribution in [1.29, 1.82) is 0 Å². The van der Waals surface area contributed by atoms with Crippen LogP contribution in [0.2, 0.25) is 15.1 Å². The molecule has 0 spiro atoms. The molecule has 5 rings (SSSR count). The van der Waals surface area contributed by atoms with Crippen LogP contribution in [0.3, 0.4) is 0 Å². The topological polar surface area (TPSA) is 120 Å². The van der Waals surface area contributed by atoms with E-state index in [1.807, 2.05) is 4.57 Å². The van der Waals surface area contributed by atoms with Crippen LogP contribution in [-0.4, -0.2) is 50.9 Å². The number of alkyl halides is 1. The molecule has 13 heteroatoms. The van der Waals surface area contributed by atoms with Crippen molar-refractivity contribution in [2.45, 2.75) is 50.4 Å². The van der Waals surface area contributed by atoms with Crippen LogP contribution in [0.4, 0.5) is 22.0 Å². The van der Waals surface area contributed by atoms with E-state index in [1.54, 1.807) is 18.3 Å². The van der Waals surface area contributed by atoms with Gasteiger partial charge >= 0.3 is 0 Å². The van der Waals surface area contributed by atoms with Crippen molar-refractivity contribution in [3.8, 4) is 0 Å². The number of rotatable bonds is 6. The molecule has 2 atom stereocenters.